The molecule has 0 amide bonds. The van der Waals surface area contributed by atoms with Crippen molar-refractivity contribution in [3.8, 4) is 0 Å². The largest absolute Gasteiger partial charge is 0.412 e. The highest BCUT2D eigenvalue weighted by atomic mass is 17.4. The first-order valence-corrected chi connectivity index (χ1v) is 0.698. The van der Waals surface area contributed by atoms with Gasteiger partial charge in [0.15, 0.2) is 0 Å². The van der Waals surface area contributed by atoms with E-state index >= 15 is 0 Å². The molecule has 0 aliphatic carbocycles. The van der Waals surface area contributed by atoms with Crippen molar-refractivity contribution in [2.45, 2.75) is 44.6 Å². The smallest absolute Gasteiger partial charge is 0 e. The molecule has 0 saturated carbocycles. The summed E-state index contributed by atoms with van der Waals surface area (Å²) in [4.78, 5) is 28.0. The van der Waals surface area contributed by atoms with E-state index in [2.05, 4.69) is 5.04 Å². The average molecular weight is 264 g/mol. The van der Waals surface area contributed by atoms with Crippen LogP contribution in [0, 0.1) is 19.9 Å². The van der Waals surface area contributed by atoms with E-state index in [1.807, 2.05) is 0 Å². The SMILES string of the molecule is C.C.C.C.C.C.O.O.O.O=O.O=O.OOO. The molecule has 0 radical (unpaired) electrons. The van der Waals surface area contributed by atoms with E-state index in [1.165, 1.54) is 0 Å². The van der Waals surface area contributed by atoms with Crippen LogP contribution in [-0.2, 0) is 5.04 Å². The summed E-state index contributed by atoms with van der Waals surface area (Å²) >= 11 is 0. The molecule has 0 aromatic carbocycles. The van der Waals surface area contributed by atoms with Gasteiger partial charge < -0.3 is 16.4 Å². The fourth-order valence-corrected chi connectivity index (χ4v) is 0. The minimum absolute atomic E-state index is 0. The summed E-state index contributed by atoms with van der Waals surface area (Å²) in [6, 6.07) is 0. The molecule has 0 saturated heterocycles. The lowest BCUT2D eigenvalue weighted by molar-refractivity contribution is -0.465. The third kappa shape index (κ3) is 1710. The van der Waals surface area contributed by atoms with Crippen LogP contribution in [0.5, 0.6) is 0 Å². The van der Waals surface area contributed by atoms with Gasteiger partial charge in [-0.1, -0.05) is 49.6 Å². The zero-order chi connectivity index (χ0) is 6.71. The van der Waals surface area contributed by atoms with Crippen LogP contribution in [0.15, 0.2) is 0 Å². The predicted molar refractivity (Wildman–Crippen MR) is 71.0 cm³/mol. The molecule has 10 heteroatoms. The van der Waals surface area contributed by atoms with Crippen LogP contribution in [0.4, 0.5) is 0 Å². The van der Waals surface area contributed by atoms with Gasteiger partial charge in [-0.15, -0.1) is 0 Å². The Morgan fingerprint density at radius 1 is 0.500 bits per heavy atom. The number of hydrogen-bond donors (Lipinski definition) is 2. The molecule has 0 aliphatic rings. The molecule has 0 spiro atoms. The topological polar surface area (TPSA) is 212 Å². The summed E-state index contributed by atoms with van der Waals surface area (Å²) in [7, 11) is 0. The highest BCUT2D eigenvalue weighted by molar-refractivity contribution is 4.08. The van der Waals surface area contributed by atoms with Gasteiger partial charge in [-0.3, -0.25) is 0 Å². The third-order valence-electron chi connectivity index (χ3n) is 0. The monoisotopic (exact) mass is 264 g/mol. The maximum atomic E-state index is 7.00. The zero-order valence-electron chi connectivity index (χ0n) is 4.44. The first-order chi connectivity index (χ1) is 3.41. The van der Waals surface area contributed by atoms with E-state index in [1.54, 1.807) is 0 Å². The third-order valence-corrected chi connectivity index (χ3v) is 0. The van der Waals surface area contributed by atoms with Crippen molar-refractivity contribution in [2.75, 3.05) is 0 Å². The zero-order valence-corrected chi connectivity index (χ0v) is 4.44. The maximum Gasteiger partial charge on any atom is 0 e. The van der Waals surface area contributed by atoms with E-state index in [-0.39, 0.29) is 61.0 Å². The molecule has 0 fully saturated rings. The molecule has 16 heavy (non-hydrogen) atoms. The molecule has 0 aromatic heterocycles. The predicted octanol–water partition coefficient (Wildman–Crippen LogP) is 1.43. The van der Waals surface area contributed by atoms with Gasteiger partial charge in [-0.2, -0.15) is 0 Å². The Hall–Kier alpha value is -1.04. The van der Waals surface area contributed by atoms with E-state index in [0.717, 1.165) is 0 Å². The van der Waals surface area contributed by atoms with Crippen molar-refractivity contribution >= 4 is 0 Å². The molecule has 0 rings (SSSR count). The Morgan fingerprint density at radius 2 is 0.500 bits per heavy atom. The second kappa shape index (κ2) is 1470000. The van der Waals surface area contributed by atoms with Crippen LogP contribution >= 0.6 is 0 Å². The molecular formula is C6H32O10. The van der Waals surface area contributed by atoms with Crippen molar-refractivity contribution in [3.63, 3.8) is 0 Å². The Morgan fingerprint density at radius 3 is 0.500 bits per heavy atom. The van der Waals surface area contributed by atoms with Crippen LogP contribution in [-0.4, -0.2) is 26.9 Å². The average Bonchev–Trinajstić information content (AvgIpc) is 1.78. The summed E-state index contributed by atoms with van der Waals surface area (Å²) in [6.07, 6.45) is 0. The van der Waals surface area contributed by atoms with Crippen molar-refractivity contribution in [2.24, 2.45) is 0 Å². The van der Waals surface area contributed by atoms with Crippen LogP contribution in [0.1, 0.15) is 44.6 Å². The Labute approximate surface area is 97.5 Å². The molecule has 0 bridgehead atoms. The van der Waals surface area contributed by atoms with Crippen LogP contribution < -0.4 is 0 Å². The Kier molecular flexibility index (Phi) is 30500000. The van der Waals surface area contributed by atoms with Crippen LogP contribution in [0.3, 0.4) is 0 Å². The van der Waals surface area contributed by atoms with E-state index < -0.39 is 0 Å². The fraction of sp³-hybridized carbons (Fsp3) is 1.00. The van der Waals surface area contributed by atoms with Crippen molar-refractivity contribution < 1.29 is 32.0 Å². The van der Waals surface area contributed by atoms with E-state index in [0.29, 0.717) is 0 Å². The second-order valence-electron chi connectivity index (χ2n) is 0.0816. The summed E-state index contributed by atoms with van der Waals surface area (Å²) in [5, 5.41) is 15.5. The van der Waals surface area contributed by atoms with Crippen LogP contribution in [0.25, 0.3) is 0 Å². The first kappa shape index (κ1) is 333. The summed E-state index contributed by atoms with van der Waals surface area (Å²) in [5.74, 6) is 0. The van der Waals surface area contributed by atoms with Gasteiger partial charge in [0.25, 0.3) is 0 Å². The summed E-state index contributed by atoms with van der Waals surface area (Å²) in [6.45, 7) is 0. The lowest BCUT2D eigenvalue weighted by Crippen LogP contribution is -1.60. The van der Waals surface area contributed by atoms with Gasteiger partial charge >= 0.3 is 0 Å². The van der Waals surface area contributed by atoms with Gasteiger partial charge in [0.05, 0.1) is 0 Å². The Bertz CT molecular complexity index is 22.8. The first-order valence-electron chi connectivity index (χ1n) is 0.698. The van der Waals surface area contributed by atoms with Gasteiger partial charge in [0.2, 0.25) is 0 Å². The molecule has 0 heterocycles. The standard InChI is InChI=1S/6CH4.H2O3.2O2.3H2O/c;;;;;;1-3-2;2*1-2;;;/h6*1H4;1-2H;;;3*1H2. The van der Waals surface area contributed by atoms with Crippen molar-refractivity contribution in [3.05, 3.63) is 19.9 Å². The molecule has 0 unspecified atom stereocenters. The minimum atomic E-state index is 0. The van der Waals surface area contributed by atoms with Gasteiger partial charge in [-0.05, 0) is 0 Å². The lowest BCUT2D eigenvalue weighted by atomic mass is 12.0. The van der Waals surface area contributed by atoms with Crippen LogP contribution in [0.2, 0.25) is 0 Å². The van der Waals surface area contributed by atoms with Gasteiger partial charge in [-0.25, -0.2) is 10.5 Å². The molecular weight excluding hydrogens is 232 g/mol. The maximum absolute atomic E-state index is 7.00. The highest BCUT2D eigenvalue weighted by Crippen LogP contribution is 1.24. The Balaban J connectivity index is -0.00000000119. The fourth-order valence-electron chi connectivity index (χ4n) is 0. The lowest BCUT2D eigenvalue weighted by Gasteiger charge is -1.56. The molecule has 0 aliphatic heterocycles. The molecule has 8 N–H and O–H groups in total. The highest BCUT2D eigenvalue weighted by Gasteiger charge is 1.27. The van der Waals surface area contributed by atoms with Crippen molar-refractivity contribution in [1.29, 1.82) is 0 Å². The second-order valence-corrected chi connectivity index (χ2v) is 0.0816. The summed E-state index contributed by atoms with van der Waals surface area (Å²) < 4.78 is 0. The normalized spacial score (nSPS) is 1.62. The minimum Gasteiger partial charge on any atom is -0.412 e. The van der Waals surface area contributed by atoms with Gasteiger partial charge in [0, 0.05) is 19.9 Å². The summed E-state index contributed by atoms with van der Waals surface area (Å²) in [5.41, 5.74) is 0. The number of rotatable bonds is 0. The van der Waals surface area contributed by atoms with Gasteiger partial charge in [0.1, 0.15) is 0 Å². The molecule has 10 nitrogen and oxygen atoms in total. The quantitative estimate of drug-likeness (QED) is 0.484. The van der Waals surface area contributed by atoms with E-state index in [4.69, 9.17) is 30.4 Å². The number of hydrogen-bond acceptors (Lipinski definition) is 7. The molecule has 0 atom stereocenters. The van der Waals surface area contributed by atoms with Crippen molar-refractivity contribution in [1.82, 2.24) is 0 Å². The van der Waals surface area contributed by atoms with E-state index in [9.17, 15) is 0 Å². The molecule has 116 valence electrons. The molecule has 0 aromatic rings.